The van der Waals surface area contributed by atoms with Crippen LogP contribution in [-0.2, 0) is 19.1 Å². The van der Waals surface area contributed by atoms with Crippen molar-refractivity contribution in [3.63, 3.8) is 0 Å². The molecule has 5 atom stereocenters. The second kappa shape index (κ2) is 6.68. The summed E-state index contributed by atoms with van der Waals surface area (Å²) in [6, 6.07) is 7.58. The van der Waals surface area contributed by atoms with Gasteiger partial charge in [-0.05, 0) is 31.0 Å². The Hall–Kier alpha value is -2.34. The van der Waals surface area contributed by atoms with Crippen LogP contribution in [0.2, 0.25) is 0 Å². The highest BCUT2D eigenvalue weighted by molar-refractivity contribution is 5.91. The Balaban J connectivity index is 1.57. The molecule has 2 saturated heterocycles. The van der Waals surface area contributed by atoms with E-state index >= 15 is 0 Å². The first-order chi connectivity index (χ1) is 13.0. The Kier molecular flexibility index (Phi) is 4.46. The van der Waals surface area contributed by atoms with E-state index in [4.69, 9.17) is 14.2 Å². The van der Waals surface area contributed by atoms with Gasteiger partial charge in [-0.3, -0.25) is 9.59 Å². The van der Waals surface area contributed by atoms with E-state index in [0.717, 1.165) is 17.7 Å². The van der Waals surface area contributed by atoms with Crippen LogP contribution in [0.4, 0.5) is 0 Å². The fourth-order valence-electron chi connectivity index (χ4n) is 4.49. The third kappa shape index (κ3) is 2.74. The van der Waals surface area contributed by atoms with Crippen LogP contribution in [0.3, 0.4) is 0 Å². The van der Waals surface area contributed by atoms with Crippen LogP contribution in [0.5, 0.6) is 5.75 Å². The Morgan fingerprint density at radius 3 is 2.78 bits per heavy atom. The highest BCUT2D eigenvalue weighted by Gasteiger charge is 2.67. The number of hydrogen-bond acceptors (Lipinski definition) is 5. The molecule has 0 aromatic heterocycles. The van der Waals surface area contributed by atoms with Gasteiger partial charge in [0.05, 0.1) is 38.3 Å². The summed E-state index contributed by atoms with van der Waals surface area (Å²) in [5.74, 6) is -0.647. The lowest BCUT2D eigenvalue weighted by molar-refractivity contribution is -0.154. The molecule has 3 aliphatic rings. The molecule has 144 valence electrons. The normalized spacial score (nSPS) is 31.9. The summed E-state index contributed by atoms with van der Waals surface area (Å²) in [5.41, 5.74) is 0.308. The summed E-state index contributed by atoms with van der Waals surface area (Å²) < 4.78 is 16.7. The number of benzene rings is 1. The van der Waals surface area contributed by atoms with Crippen LogP contribution in [-0.4, -0.2) is 48.7 Å². The number of carbonyl (C=O) groups is 2. The molecular weight excluding hydrogens is 346 g/mol. The van der Waals surface area contributed by atoms with E-state index in [1.807, 2.05) is 55.2 Å². The number of hydrogen-bond donors (Lipinski definition) is 0. The maximum Gasteiger partial charge on any atom is 0.312 e. The lowest BCUT2D eigenvalue weighted by Gasteiger charge is -2.27. The molecule has 6 heteroatoms. The highest BCUT2D eigenvalue weighted by atomic mass is 16.6. The zero-order chi connectivity index (χ0) is 19.2. The smallest absolute Gasteiger partial charge is 0.312 e. The number of fused-ring (bicyclic) bond motifs is 1. The van der Waals surface area contributed by atoms with Crippen molar-refractivity contribution in [1.29, 1.82) is 0 Å². The van der Waals surface area contributed by atoms with E-state index in [9.17, 15) is 9.59 Å². The van der Waals surface area contributed by atoms with E-state index < -0.39 is 17.4 Å². The zero-order valence-electron chi connectivity index (χ0n) is 15.9. The van der Waals surface area contributed by atoms with Gasteiger partial charge in [0.15, 0.2) is 0 Å². The van der Waals surface area contributed by atoms with Gasteiger partial charge in [-0.2, -0.15) is 0 Å². The van der Waals surface area contributed by atoms with Gasteiger partial charge in [-0.1, -0.05) is 31.2 Å². The van der Waals surface area contributed by atoms with E-state index in [1.54, 1.807) is 7.11 Å². The van der Waals surface area contributed by atoms with Crippen molar-refractivity contribution in [2.24, 2.45) is 11.8 Å². The molecule has 0 aliphatic carbocycles. The number of amides is 1. The van der Waals surface area contributed by atoms with Crippen LogP contribution >= 0.6 is 0 Å². The van der Waals surface area contributed by atoms with Crippen molar-refractivity contribution < 1.29 is 23.8 Å². The quantitative estimate of drug-likeness (QED) is 0.568. The van der Waals surface area contributed by atoms with Crippen LogP contribution in [0, 0.1) is 11.8 Å². The van der Waals surface area contributed by atoms with E-state index in [0.29, 0.717) is 13.2 Å². The zero-order valence-corrected chi connectivity index (χ0v) is 15.9. The van der Waals surface area contributed by atoms with Gasteiger partial charge >= 0.3 is 5.97 Å². The van der Waals surface area contributed by atoms with Crippen LogP contribution in [0.1, 0.15) is 31.9 Å². The topological polar surface area (TPSA) is 65.1 Å². The molecule has 1 spiro atoms. The maximum absolute atomic E-state index is 13.3. The first-order valence-electron chi connectivity index (χ1n) is 9.49. The summed E-state index contributed by atoms with van der Waals surface area (Å²) in [6.07, 6.45) is 4.26. The first kappa shape index (κ1) is 18.0. The standard InChI is InChI=1S/C21H25NO5/c1-4-11-26-20(24)17-16-9-10-21(27-16)12-22(19(23)18(17)21)13(2)14-5-7-15(25-3)8-6-14/h5-10,13,16-18H,4,11-12H2,1-3H3/t13?,16-,17?,18-,21+/m0/s1. The number of rotatable bonds is 6. The average molecular weight is 371 g/mol. The summed E-state index contributed by atoms with van der Waals surface area (Å²) in [7, 11) is 1.63. The second-order valence-corrected chi connectivity index (χ2v) is 7.48. The predicted molar refractivity (Wildman–Crippen MR) is 98.1 cm³/mol. The molecule has 4 rings (SSSR count). The van der Waals surface area contributed by atoms with E-state index in [1.165, 1.54) is 0 Å². The molecule has 2 bridgehead atoms. The van der Waals surface area contributed by atoms with Crippen molar-refractivity contribution in [2.75, 3.05) is 20.3 Å². The Morgan fingerprint density at radius 1 is 1.37 bits per heavy atom. The summed E-state index contributed by atoms with van der Waals surface area (Å²) in [5, 5.41) is 0. The number of carbonyl (C=O) groups excluding carboxylic acids is 2. The fraction of sp³-hybridized carbons (Fsp3) is 0.524. The average Bonchev–Trinajstić information content (AvgIpc) is 3.34. The molecule has 27 heavy (non-hydrogen) atoms. The summed E-state index contributed by atoms with van der Waals surface area (Å²) in [6.45, 7) is 4.77. The molecule has 2 fully saturated rings. The van der Waals surface area contributed by atoms with Crippen molar-refractivity contribution in [3.8, 4) is 5.75 Å². The Bertz CT molecular complexity index is 773. The number of likely N-dealkylation sites (tertiary alicyclic amines) is 1. The van der Waals surface area contributed by atoms with Crippen LogP contribution in [0.25, 0.3) is 0 Å². The second-order valence-electron chi connectivity index (χ2n) is 7.48. The highest BCUT2D eigenvalue weighted by Crippen LogP contribution is 2.53. The van der Waals surface area contributed by atoms with Gasteiger partial charge in [0.1, 0.15) is 17.3 Å². The van der Waals surface area contributed by atoms with Gasteiger partial charge < -0.3 is 19.1 Å². The molecule has 1 aromatic rings. The molecule has 0 saturated carbocycles. The molecule has 0 N–H and O–H groups in total. The van der Waals surface area contributed by atoms with Gasteiger partial charge in [-0.25, -0.2) is 0 Å². The van der Waals surface area contributed by atoms with Gasteiger partial charge in [0.2, 0.25) is 5.91 Å². The minimum absolute atomic E-state index is 0.0383. The largest absolute Gasteiger partial charge is 0.497 e. The molecule has 3 heterocycles. The fourth-order valence-corrected chi connectivity index (χ4v) is 4.49. The monoisotopic (exact) mass is 371 g/mol. The van der Waals surface area contributed by atoms with Gasteiger partial charge in [-0.15, -0.1) is 0 Å². The van der Waals surface area contributed by atoms with Crippen LogP contribution < -0.4 is 4.74 Å². The lowest BCUT2D eigenvalue weighted by atomic mass is 9.77. The van der Waals surface area contributed by atoms with Crippen molar-refractivity contribution >= 4 is 11.9 Å². The predicted octanol–water partition coefficient (Wildman–Crippen LogP) is 2.49. The van der Waals surface area contributed by atoms with Crippen LogP contribution in [0.15, 0.2) is 36.4 Å². The number of ether oxygens (including phenoxy) is 3. The van der Waals surface area contributed by atoms with Crippen molar-refractivity contribution in [3.05, 3.63) is 42.0 Å². The van der Waals surface area contributed by atoms with Crippen molar-refractivity contribution in [1.82, 2.24) is 4.90 Å². The molecule has 1 aromatic carbocycles. The molecular formula is C21H25NO5. The first-order valence-corrected chi connectivity index (χ1v) is 9.49. The van der Waals surface area contributed by atoms with Gasteiger partial charge in [0, 0.05) is 0 Å². The number of methoxy groups -OCH3 is 1. The lowest BCUT2D eigenvalue weighted by Crippen LogP contribution is -2.40. The van der Waals surface area contributed by atoms with Crippen molar-refractivity contribution in [2.45, 2.75) is 38.0 Å². The maximum atomic E-state index is 13.3. The Morgan fingerprint density at radius 2 is 2.11 bits per heavy atom. The molecule has 3 aliphatic heterocycles. The van der Waals surface area contributed by atoms with E-state index in [2.05, 4.69) is 0 Å². The SMILES string of the molecule is CCCOC(=O)C1[C@@H]2C=C[C@]3(CN(C(C)c4ccc(OC)cc4)C(=O)[C@H]13)O2. The van der Waals surface area contributed by atoms with Gasteiger partial charge in [0.25, 0.3) is 0 Å². The van der Waals surface area contributed by atoms with E-state index in [-0.39, 0.29) is 24.0 Å². The summed E-state index contributed by atoms with van der Waals surface area (Å²) in [4.78, 5) is 27.7. The number of nitrogens with zero attached hydrogens (tertiary/aromatic N) is 1. The molecule has 6 nitrogen and oxygen atoms in total. The number of esters is 1. The third-order valence-electron chi connectivity index (χ3n) is 5.92. The minimum atomic E-state index is -0.710. The third-order valence-corrected chi connectivity index (χ3v) is 5.92. The minimum Gasteiger partial charge on any atom is -0.497 e. The summed E-state index contributed by atoms with van der Waals surface area (Å²) >= 11 is 0. The Labute approximate surface area is 159 Å². The molecule has 2 unspecified atom stereocenters. The molecule has 1 amide bonds. The molecule has 0 radical (unpaired) electrons.